The van der Waals surface area contributed by atoms with Crippen molar-refractivity contribution in [1.29, 1.82) is 0 Å². The van der Waals surface area contributed by atoms with Gasteiger partial charge < -0.3 is 24.6 Å². The third kappa shape index (κ3) is 6.50. The predicted molar refractivity (Wildman–Crippen MR) is 121 cm³/mol. The zero-order valence-electron chi connectivity index (χ0n) is 16.5. The monoisotopic (exact) mass is 488 g/mol. The van der Waals surface area contributed by atoms with E-state index in [1.807, 2.05) is 0 Å². The van der Waals surface area contributed by atoms with Crippen LogP contribution >= 0.6 is 24.0 Å². The molecule has 1 aromatic rings. The number of likely N-dealkylation sites (tertiary alicyclic amines) is 1. The Bertz CT molecular complexity index is 576. The summed E-state index contributed by atoms with van der Waals surface area (Å²) in [6.07, 6.45) is 1.17. The molecule has 152 valence electrons. The molecule has 0 aliphatic carbocycles. The lowest BCUT2D eigenvalue weighted by Gasteiger charge is -2.28. The number of ether oxygens (including phenoxy) is 2. The minimum absolute atomic E-state index is 0. The summed E-state index contributed by atoms with van der Waals surface area (Å²) in [7, 11) is 1.78. The van der Waals surface area contributed by atoms with E-state index in [-0.39, 0.29) is 24.0 Å². The topological polar surface area (TPSA) is 49.3 Å². The van der Waals surface area contributed by atoms with Gasteiger partial charge in [-0.25, -0.2) is 4.99 Å². The number of morpholine rings is 1. The van der Waals surface area contributed by atoms with Crippen molar-refractivity contribution in [2.45, 2.75) is 19.9 Å². The van der Waals surface area contributed by atoms with E-state index >= 15 is 0 Å². The predicted octanol–water partition coefficient (Wildman–Crippen LogP) is 2.58. The van der Waals surface area contributed by atoms with E-state index in [2.05, 4.69) is 46.3 Å². The van der Waals surface area contributed by atoms with E-state index in [1.54, 1.807) is 7.11 Å². The summed E-state index contributed by atoms with van der Waals surface area (Å²) < 4.78 is 10.7. The van der Waals surface area contributed by atoms with Crippen molar-refractivity contribution < 1.29 is 9.47 Å². The fourth-order valence-electron chi connectivity index (χ4n) is 3.62. The second-order valence-corrected chi connectivity index (χ2v) is 6.99. The zero-order valence-corrected chi connectivity index (χ0v) is 18.9. The first kappa shape index (κ1) is 22.2. The number of nitrogens with one attached hydrogen (secondary N) is 1. The van der Waals surface area contributed by atoms with Crippen LogP contribution in [0.2, 0.25) is 0 Å². The summed E-state index contributed by atoms with van der Waals surface area (Å²) in [5.74, 6) is 1.63. The van der Waals surface area contributed by atoms with Gasteiger partial charge >= 0.3 is 0 Å². The SMILES string of the molecule is CCNC(=NCc1ccc(N2CCOCC2)cc1)N1CCC(COC)C1.I. The van der Waals surface area contributed by atoms with Gasteiger partial charge in [0.05, 0.1) is 26.4 Å². The lowest BCUT2D eigenvalue weighted by molar-refractivity contribution is 0.122. The molecular formula is C20H33IN4O2. The quantitative estimate of drug-likeness (QED) is 0.379. The summed E-state index contributed by atoms with van der Waals surface area (Å²) in [4.78, 5) is 9.59. The Balaban J connectivity index is 0.00000261. The van der Waals surface area contributed by atoms with Crippen LogP contribution in [0.5, 0.6) is 0 Å². The zero-order chi connectivity index (χ0) is 18.2. The standard InChI is InChI=1S/C20H32N4O2.HI/c1-3-21-20(24-9-8-18(15-24)16-25-2)22-14-17-4-6-19(7-5-17)23-10-12-26-13-11-23;/h4-7,18H,3,8-16H2,1-2H3,(H,21,22);1H. The molecule has 0 saturated carbocycles. The number of methoxy groups -OCH3 is 1. The molecule has 27 heavy (non-hydrogen) atoms. The minimum Gasteiger partial charge on any atom is -0.384 e. The number of guanidine groups is 1. The smallest absolute Gasteiger partial charge is 0.194 e. The van der Waals surface area contributed by atoms with Crippen molar-refractivity contribution in [2.75, 3.05) is 64.6 Å². The van der Waals surface area contributed by atoms with E-state index in [1.165, 1.54) is 17.7 Å². The van der Waals surface area contributed by atoms with Crippen LogP contribution in [0.3, 0.4) is 0 Å². The van der Waals surface area contributed by atoms with Crippen LogP contribution in [-0.2, 0) is 16.0 Å². The average Bonchev–Trinajstić information content (AvgIpc) is 3.15. The molecule has 2 saturated heterocycles. The normalized spacial score (nSPS) is 20.5. The van der Waals surface area contributed by atoms with Crippen molar-refractivity contribution >= 4 is 35.6 Å². The second kappa shape index (κ2) is 11.7. The van der Waals surface area contributed by atoms with Gasteiger partial charge in [0.2, 0.25) is 0 Å². The molecule has 0 spiro atoms. The van der Waals surface area contributed by atoms with Crippen LogP contribution < -0.4 is 10.2 Å². The van der Waals surface area contributed by atoms with Gasteiger partial charge in [0.25, 0.3) is 0 Å². The molecule has 1 unspecified atom stereocenters. The summed E-state index contributed by atoms with van der Waals surface area (Å²) in [5, 5.41) is 3.43. The molecule has 0 bridgehead atoms. The molecular weight excluding hydrogens is 455 g/mol. The summed E-state index contributed by atoms with van der Waals surface area (Å²) in [5.41, 5.74) is 2.51. The van der Waals surface area contributed by atoms with Crippen LogP contribution in [-0.4, -0.2) is 70.5 Å². The van der Waals surface area contributed by atoms with Gasteiger partial charge in [-0.05, 0) is 31.0 Å². The molecule has 1 aromatic carbocycles. The molecule has 2 aliphatic heterocycles. The fraction of sp³-hybridized carbons (Fsp3) is 0.650. The Morgan fingerprint density at radius 3 is 2.63 bits per heavy atom. The molecule has 3 rings (SSSR count). The number of halogens is 1. The van der Waals surface area contributed by atoms with Gasteiger partial charge in [-0.15, -0.1) is 24.0 Å². The molecule has 6 nitrogen and oxygen atoms in total. The van der Waals surface area contributed by atoms with Crippen molar-refractivity contribution in [3.8, 4) is 0 Å². The Kier molecular flexibility index (Phi) is 9.64. The number of rotatable bonds is 6. The van der Waals surface area contributed by atoms with E-state index in [4.69, 9.17) is 14.5 Å². The van der Waals surface area contributed by atoms with Crippen molar-refractivity contribution in [1.82, 2.24) is 10.2 Å². The number of aliphatic imine (C=N–C) groups is 1. The second-order valence-electron chi connectivity index (χ2n) is 6.99. The van der Waals surface area contributed by atoms with Gasteiger partial charge in [-0.3, -0.25) is 0 Å². The molecule has 2 fully saturated rings. The number of anilines is 1. The fourth-order valence-corrected chi connectivity index (χ4v) is 3.62. The third-order valence-electron chi connectivity index (χ3n) is 5.05. The average molecular weight is 488 g/mol. The molecule has 1 N–H and O–H groups in total. The van der Waals surface area contributed by atoms with Gasteiger partial charge in [-0.2, -0.15) is 0 Å². The maximum atomic E-state index is 5.43. The van der Waals surface area contributed by atoms with E-state index in [0.29, 0.717) is 12.5 Å². The lowest BCUT2D eigenvalue weighted by Crippen LogP contribution is -2.40. The molecule has 1 atom stereocenters. The molecule has 2 aliphatic rings. The Labute approximate surface area is 180 Å². The third-order valence-corrected chi connectivity index (χ3v) is 5.05. The van der Waals surface area contributed by atoms with Crippen molar-refractivity contribution in [2.24, 2.45) is 10.9 Å². The number of hydrogen-bond donors (Lipinski definition) is 1. The van der Waals surface area contributed by atoms with Gasteiger partial charge in [-0.1, -0.05) is 12.1 Å². The molecule has 0 amide bonds. The maximum absolute atomic E-state index is 5.43. The number of hydrogen-bond acceptors (Lipinski definition) is 4. The minimum atomic E-state index is 0. The molecule has 7 heteroatoms. The first-order valence-electron chi connectivity index (χ1n) is 9.74. The van der Waals surface area contributed by atoms with Crippen LogP contribution in [0.4, 0.5) is 5.69 Å². The van der Waals surface area contributed by atoms with Gasteiger partial charge in [0.1, 0.15) is 0 Å². The Morgan fingerprint density at radius 2 is 1.96 bits per heavy atom. The van der Waals surface area contributed by atoms with E-state index < -0.39 is 0 Å². The lowest BCUT2D eigenvalue weighted by atomic mass is 10.1. The highest BCUT2D eigenvalue weighted by Crippen LogP contribution is 2.18. The van der Waals surface area contributed by atoms with Crippen LogP contribution in [0.15, 0.2) is 29.3 Å². The summed E-state index contributed by atoms with van der Waals surface area (Å²) >= 11 is 0. The van der Waals surface area contributed by atoms with Gasteiger partial charge in [0, 0.05) is 51.4 Å². The van der Waals surface area contributed by atoms with Gasteiger partial charge in [0.15, 0.2) is 5.96 Å². The maximum Gasteiger partial charge on any atom is 0.194 e. The number of benzene rings is 1. The Morgan fingerprint density at radius 1 is 1.22 bits per heavy atom. The summed E-state index contributed by atoms with van der Waals surface area (Å²) in [6.45, 7) is 10.2. The van der Waals surface area contributed by atoms with Crippen molar-refractivity contribution in [3.63, 3.8) is 0 Å². The summed E-state index contributed by atoms with van der Waals surface area (Å²) in [6, 6.07) is 8.78. The van der Waals surface area contributed by atoms with Crippen LogP contribution in [0.1, 0.15) is 18.9 Å². The Hall–Kier alpha value is -1.06. The van der Waals surface area contributed by atoms with Crippen LogP contribution in [0.25, 0.3) is 0 Å². The highest BCUT2D eigenvalue weighted by Gasteiger charge is 2.24. The first-order chi connectivity index (χ1) is 12.8. The largest absolute Gasteiger partial charge is 0.384 e. The first-order valence-corrected chi connectivity index (χ1v) is 9.74. The highest BCUT2D eigenvalue weighted by molar-refractivity contribution is 14.0. The molecule has 0 radical (unpaired) electrons. The van der Waals surface area contributed by atoms with Crippen molar-refractivity contribution in [3.05, 3.63) is 29.8 Å². The number of nitrogens with zero attached hydrogens (tertiary/aromatic N) is 3. The van der Waals surface area contributed by atoms with Crippen LogP contribution in [0, 0.1) is 5.92 Å². The van der Waals surface area contributed by atoms with E-state index in [0.717, 1.165) is 58.5 Å². The molecule has 0 aromatic heterocycles. The molecule has 2 heterocycles. The highest BCUT2D eigenvalue weighted by atomic mass is 127. The van der Waals surface area contributed by atoms with E-state index in [9.17, 15) is 0 Å².